The van der Waals surface area contributed by atoms with Gasteiger partial charge in [0.1, 0.15) is 0 Å². The highest BCUT2D eigenvalue weighted by Crippen LogP contribution is 2.40. The van der Waals surface area contributed by atoms with Crippen LogP contribution in [0.4, 0.5) is 0 Å². The van der Waals surface area contributed by atoms with Gasteiger partial charge in [-0.2, -0.15) is 0 Å². The number of carboxylic acid groups (broad SMARTS) is 1. The molecule has 1 saturated carbocycles. The first kappa shape index (κ1) is 17.1. The maximum Gasteiger partial charge on any atom is 0.303 e. The molecule has 1 aromatic rings. The highest BCUT2D eigenvalue weighted by atomic mass is 79.9. The zero-order valence-corrected chi connectivity index (χ0v) is 14.3. The van der Waals surface area contributed by atoms with Gasteiger partial charge in [-0.1, -0.05) is 0 Å². The minimum Gasteiger partial charge on any atom is -0.492 e. The molecular weight excluding hydrogens is 350 g/mol. The lowest BCUT2D eigenvalue weighted by Crippen LogP contribution is -2.15. The lowest BCUT2D eigenvalue weighted by molar-refractivity contribution is -0.137. The Kier molecular flexibility index (Phi) is 6.08. The summed E-state index contributed by atoms with van der Waals surface area (Å²) in [4.78, 5) is 10.7. The monoisotopic (exact) mass is 371 g/mol. The third-order valence-corrected chi connectivity index (χ3v) is 4.52. The zero-order valence-electron chi connectivity index (χ0n) is 12.7. The number of hydrogen-bond donors (Lipinski definition) is 2. The fraction of sp³-hybridized carbons (Fsp3) is 0.562. The second-order valence-corrected chi connectivity index (χ2v) is 6.45. The average Bonchev–Trinajstić information content (AvgIpc) is 2.97. The largest absolute Gasteiger partial charge is 0.492 e. The van der Waals surface area contributed by atoms with Crippen LogP contribution in [0.1, 0.15) is 50.1 Å². The molecule has 1 unspecified atom stereocenters. The molecule has 0 aromatic heterocycles. The molecule has 0 bridgehead atoms. The minimum atomic E-state index is -0.842. The Balaban J connectivity index is 2.20. The second kappa shape index (κ2) is 7.83. The van der Waals surface area contributed by atoms with E-state index in [2.05, 4.69) is 15.9 Å². The SMILES string of the molecule is COc1c(Br)cc(C(N)CCC(=O)O)cc1OC1CCCC1. The van der Waals surface area contributed by atoms with Crippen LogP contribution >= 0.6 is 15.9 Å². The third kappa shape index (κ3) is 4.36. The van der Waals surface area contributed by atoms with Crippen molar-refractivity contribution in [3.05, 3.63) is 22.2 Å². The smallest absolute Gasteiger partial charge is 0.303 e. The maximum atomic E-state index is 10.7. The summed E-state index contributed by atoms with van der Waals surface area (Å²) in [6.07, 6.45) is 5.12. The van der Waals surface area contributed by atoms with Crippen LogP contribution in [0.15, 0.2) is 16.6 Å². The molecule has 1 aromatic carbocycles. The number of carboxylic acids is 1. The van der Waals surface area contributed by atoms with Gasteiger partial charge in [-0.15, -0.1) is 0 Å². The molecule has 1 aliphatic rings. The van der Waals surface area contributed by atoms with E-state index < -0.39 is 5.97 Å². The molecule has 0 saturated heterocycles. The number of benzene rings is 1. The van der Waals surface area contributed by atoms with Gasteiger partial charge in [0.05, 0.1) is 17.7 Å². The number of ether oxygens (including phenoxy) is 2. The lowest BCUT2D eigenvalue weighted by Gasteiger charge is -2.20. The van der Waals surface area contributed by atoms with Gasteiger partial charge in [-0.3, -0.25) is 4.79 Å². The van der Waals surface area contributed by atoms with E-state index in [0.29, 0.717) is 17.9 Å². The van der Waals surface area contributed by atoms with E-state index in [-0.39, 0.29) is 18.6 Å². The Morgan fingerprint density at radius 1 is 1.45 bits per heavy atom. The number of rotatable bonds is 7. The molecule has 2 rings (SSSR count). The van der Waals surface area contributed by atoms with Crippen molar-refractivity contribution in [3.63, 3.8) is 0 Å². The van der Waals surface area contributed by atoms with E-state index in [4.69, 9.17) is 20.3 Å². The zero-order chi connectivity index (χ0) is 16.1. The van der Waals surface area contributed by atoms with Crippen LogP contribution in [0.3, 0.4) is 0 Å². The van der Waals surface area contributed by atoms with Crippen molar-refractivity contribution in [3.8, 4) is 11.5 Å². The molecule has 122 valence electrons. The number of carbonyl (C=O) groups is 1. The van der Waals surface area contributed by atoms with Crippen molar-refractivity contribution in [2.24, 2.45) is 5.73 Å². The summed E-state index contributed by atoms with van der Waals surface area (Å²) in [6, 6.07) is 3.39. The maximum absolute atomic E-state index is 10.7. The summed E-state index contributed by atoms with van der Waals surface area (Å²) in [7, 11) is 1.60. The fourth-order valence-electron chi connectivity index (χ4n) is 2.72. The predicted octanol–water partition coefficient (Wildman–Crippen LogP) is 3.64. The Labute approximate surface area is 138 Å². The Morgan fingerprint density at radius 2 is 2.14 bits per heavy atom. The number of nitrogens with two attached hydrogens (primary N) is 1. The van der Waals surface area contributed by atoms with Gasteiger partial charge in [-0.05, 0) is 65.7 Å². The van der Waals surface area contributed by atoms with Crippen molar-refractivity contribution in [1.82, 2.24) is 0 Å². The number of hydrogen-bond acceptors (Lipinski definition) is 4. The van der Waals surface area contributed by atoms with Crippen molar-refractivity contribution in [1.29, 1.82) is 0 Å². The number of methoxy groups -OCH3 is 1. The average molecular weight is 372 g/mol. The molecule has 6 heteroatoms. The third-order valence-electron chi connectivity index (χ3n) is 3.93. The summed E-state index contributed by atoms with van der Waals surface area (Å²) in [6.45, 7) is 0. The van der Waals surface area contributed by atoms with Gasteiger partial charge in [-0.25, -0.2) is 0 Å². The van der Waals surface area contributed by atoms with Crippen LogP contribution < -0.4 is 15.2 Å². The van der Waals surface area contributed by atoms with Gasteiger partial charge >= 0.3 is 5.97 Å². The molecule has 0 aliphatic heterocycles. The van der Waals surface area contributed by atoms with Crippen LogP contribution in [0.25, 0.3) is 0 Å². The molecule has 0 heterocycles. The Morgan fingerprint density at radius 3 is 2.73 bits per heavy atom. The van der Waals surface area contributed by atoms with Gasteiger partial charge < -0.3 is 20.3 Å². The van der Waals surface area contributed by atoms with Crippen molar-refractivity contribution in [2.45, 2.75) is 50.7 Å². The normalized spacial score (nSPS) is 16.5. The van der Waals surface area contributed by atoms with Crippen molar-refractivity contribution >= 4 is 21.9 Å². The summed E-state index contributed by atoms with van der Waals surface area (Å²) < 4.78 is 12.2. The lowest BCUT2D eigenvalue weighted by atomic mass is 10.0. The quantitative estimate of drug-likeness (QED) is 0.764. The van der Waals surface area contributed by atoms with E-state index in [1.807, 2.05) is 12.1 Å². The summed E-state index contributed by atoms with van der Waals surface area (Å²) in [5.41, 5.74) is 6.95. The van der Waals surface area contributed by atoms with Crippen LogP contribution in [0, 0.1) is 0 Å². The standard InChI is InChI=1S/C16H22BrNO4/c1-21-16-12(17)8-10(13(18)6-7-15(19)20)9-14(16)22-11-4-2-3-5-11/h8-9,11,13H,2-7,18H2,1H3,(H,19,20). The molecule has 1 fully saturated rings. The van der Waals surface area contributed by atoms with Crippen molar-refractivity contribution in [2.75, 3.05) is 7.11 Å². The minimum absolute atomic E-state index is 0.0453. The summed E-state index contributed by atoms with van der Waals surface area (Å²) in [5.74, 6) is 0.482. The van der Waals surface area contributed by atoms with E-state index in [9.17, 15) is 4.79 Å². The van der Waals surface area contributed by atoms with Crippen LogP contribution in [-0.4, -0.2) is 24.3 Å². The van der Waals surface area contributed by atoms with E-state index in [1.165, 1.54) is 12.8 Å². The van der Waals surface area contributed by atoms with Crippen LogP contribution in [0.2, 0.25) is 0 Å². The molecule has 0 spiro atoms. The number of aliphatic carboxylic acids is 1. The first-order valence-corrected chi connectivity index (χ1v) is 8.32. The first-order chi connectivity index (χ1) is 10.5. The van der Waals surface area contributed by atoms with Gasteiger partial charge in [0.15, 0.2) is 11.5 Å². The molecule has 1 aliphatic carbocycles. The van der Waals surface area contributed by atoms with E-state index in [1.54, 1.807) is 7.11 Å². The van der Waals surface area contributed by atoms with E-state index >= 15 is 0 Å². The van der Waals surface area contributed by atoms with Gasteiger partial charge in [0.25, 0.3) is 0 Å². The van der Waals surface area contributed by atoms with Crippen LogP contribution in [-0.2, 0) is 4.79 Å². The molecule has 0 amide bonds. The molecule has 3 N–H and O–H groups in total. The molecule has 5 nitrogen and oxygen atoms in total. The molecular formula is C16H22BrNO4. The molecule has 0 radical (unpaired) electrons. The number of halogens is 1. The Hall–Kier alpha value is -1.27. The topological polar surface area (TPSA) is 81.8 Å². The Bertz CT molecular complexity index is 529. The van der Waals surface area contributed by atoms with Crippen LogP contribution in [0.5, 0.6) is 11.5 Å². The molecule has 1 atom stereocenters. The van der Waals surface area contributed by atoms with Gasteiger partial charge in [0.2, 0.25) is 0 Å². The van der Waals surface area contributed by atoms with Crippen molar-refractivity contribution < 1.29 is 19.4 Å². The summed E-state index contributed by atoms with van der Waals surface area (Å²) >= 11 is 3.48. The fourth-order valence-corrected chi connectivity index (χ4v) is 3.34. The second-order valence-electron chi connectivity index (χ2n) is 5.60. The highest BCUT2D eigenvalue weighted by molar-refractivity contribution is 9.10. The first-order valence-electron chi connectivity index (χ1n) is 7.52. The van der Waals surface area contributed by atoms with Gasteiger partial charge in [0, 0.05) is 12.5 Å². The summed E-state index contributed by atoms with van der Waals surface area (Å²) in [5, 5.41) is 8.78. The van der Waals surface area contributed by atoms with E-state index in [0.717, 1.165) is 22.9 Å². The highest BCUT2D eigenvalue weighted by Gasteiger charge is 2.21. The predicted molar refractivity (Wildman–Crippen MR) is 87.4 cm³/mol. The molecule has 22 heavy (non-hydrogen) atoms.